The Morgan fingerprint density at radius 3 is 2.35 bits per heavy atom. The van der Waals surface area contributed by atoms with Crippen molar-refractivity contribution in [3.63, 3.8) is 0 Å². The van der Waals surface area contributed by atoms with Gasteiger partial charge < -0.3 is 9.84 Å². The van der Waals surface area contributed by atoms with Gasteiger partial charge in [0.2, 0.25) is 0 Å². The van der Waals surface area contributed by atoms with Crippen LogP contribution in [0.4, 0.5) is 16.6 Å². The molecule has 2 aromatic heterocycles. The first-order chi connectivity index (χ1) is 14.8. The predicted octanol–water partition coefficient (Wildman–Crippen LogP) is 5.77. The highest BCUT2D eigenvalue weighted by Gasteiger charge is 2.16. The minimum atomic E-state index is -3.74. The minimum absolute atomic E-state index is 0.128. The highest BCUT2D eigenvalue weighted by atomic mass is 32.2. The zero-order chi connectivity index (χ0) is 22.0. The van der Waals surface area contributed by atoms with E-state index in [1.54, 1.807) is 19.1 Å². The van der Waals surface area contributed by atoms with Crippen molar-refractivity contribution in [1.29, 1.82) is 0 Å². The van der Waals surface area contributed by atoms with E-state index in [2.05, 4.69) is 58.3 Å². The highest BCUT2D eigenvalue weighted by molar-refractivity contribution is 7.92. The van der Waals surface area contributed by atoms with Gasteiger partial charge in [0.25, 0.3) is 10.0 Å². The Balaban J connectivity index is 1.44. The number of nitrogens with one attached hydrogen (secondary N) is 2. The molecule has 31 heavy (non-hydrogen) atoms. The van der Waals surface area contributed by atoms with Gasteiger partial charge in [0.1, 0.15) is 5.76 Å². The second-order valence-electron chi connectivity index (χ2n) is 7.39. The summed E-state index contributed by atoms with van der Waals surface area (Å²) in [6, 6.07) is 16.4. The van der Waals surface area contributed by atoms with Crippen molar-refractivity contribution in [2.24, 2.45) is 0 Å². The smallest absolute Gasteiger partial charge is 0.263 e. The second-order valence-corrected chi connectivity index (χ2v) is 9.93. The van der Waals surface area contributed by atoms with Gasteiger partial charge in [-0.2, -0.15) is 0 Å². The predicted molar refractivity (Wildman–Crippen MR) is 123 cm³/mol. The number of thiazole rings is 1. The summed E-state index contributed by atoms with van der Waals surface area (Å²) in [5, 5.41) is 9.60. The standard InChI is InChI=1S/C22H22N4O3S2/c1-14(2)16-4-6-17(7-5-16)20-13-30-22(24-20)23-18-8-10-19(11-9-18)31(27,28)26-21-12-15(3)29-25-21/h4-14H,1-3H3,(H,23,24)(H,25,26). The highest BCUT2D eigenvalue weighted by Crippen LogP contribution is 2.29. The Morgan fingerprint density at radius 2 is 1.74 bits per heavy atom. The van der Waals surface area contributed by atoms with Gasteiger partial charge in [-0.15, -0.1) is 11.3 Å². The number of rotatable bonds is 7. The summed E-state index contributed by atoms with van der Waals surface area (Å²) in [5.41, 5.74) is 3.99. The molecule has 2 heterocycles. The monoisotopic (exact) mass is 454 g/mol. The van der Waals surface area contributed by atoms with Gasteiger partial charge in [-0.25, -0.2) is 13.4 Å². The molecule has 0 fully saturated rings. The van der Waals surface area contributed by atoms with Gasteiger partial charge >= 0.3 is 0 Å². The van der Waals surface area contributed by atoms with Crippen LogP contribution in [0.1, 0.15) is 31.1 Å². The Labute approximate surface area is 185 Å². The fourth-order valence-corrected chi connectivity index (χ4v) is 4.68. The van der Waals surface area contributed by atoms with E-state index in [0.29, 0.717) is 11.7 Å². The molecule has 7 nitrogen and oxygen atoms in total. The van der Waals surface area contributed by atoms with Crippen molar-refractivity contribution >= 4 is 38.0 Å². The zero-order valence-electron chi connectivity index (χ0n) is 17.3. The molecule has 0 amide bonds. The zero-order valence-corrected chi connectivity index (χ0v) is 18.9. The van der Waals surface area contributed by atoms with Crippen molar-refractivity contribution in [3.05, 3.63) is 71.3 Å². The summed E-state index contributed by atoms with van der Waals surface area (Å²) in [6.07, 6.45) is 0. The molecule has 0 atom stereocenters. The van der Waals surface area contributed by atoms with Crippen LogP contribution in [0.5, 0.6) is 0 Å². The van der Waals surface area contributed by atoms with Crippen molar-refractivity contribution in [2.45, 2.75) is 31.6 Å². The Kier molecular flexibility index (Phi) is 5.79. The summed E-state index contributed by atoms with van der Waals surface area (Å²) < 4.78 is 32.2. The average Bonchev–Trinajstić information content (AvgIpc) is 3.37. The largest absolute Gasteiger partial charge is 0.360 e. The Hall–Kier alpha value is -3.17. The van der Waals surface area contributed by atoms with Gasteiger partial charge in [0.15, 0.2) is 10.9 Å². The molecule has 2 aromatic carbocycles. The van der Waals surface area contributed by atoms with E-state index in [0.717, 1.165) is 22.1 Å². The fraction of sp³-hybridized carbons (Fsp3) is 0.182. The molecule has 160 valence electrons. The lowest BCUT2D eigenvalue weighted by Gasteiger charge is -2.07. The van der Waals surface area contributed by atoms with Crippen LogP contribution in [0.3, 0.4) is 0 Å². The lowest BCUT2D eigenvalue weighted by atomic mass is 10.0. The number of hydrogen-bond acceptors (Lipinski definition) is 7. The van der Waals surface area contributed by atoms with Crippen molar-refractivity contribution < 1.29 is 12.9 Å². The molecular weight excluding hydrogens is 432 g/mol. The maximum atomic E-state index is 12.5. The summed E-state index contributed by atoms with van der Waals surface area (Å²) in [7, 11) is -3.74. The number of benzene rings is 2. The summed E-state index contributed by atoms with van der Waals surface area (Å²) >= 11 is 1.49. The van der Waals surface area contributed by atoms with E-state index in [-0.39, 0.29) is 10.7 Å². The van der Waals surface area contributed by atoms with Crippen LogP contribution in [-0.2, 0) is 10.0 Å². The number of anilines is 3. The van der Waals surface area contributed by atoms with E-state index in [1.165, 1.54) is 35.1 Å². The SMILES string of the molecule is Cc1cc(NS(=O)(=O)c2ccc(Nc3nc(-c4ccc(C(C)C)cc4)cs3)cc2)no1. The van der Waals surface area contributed by atoms with E-state index < -0.39 is 10.0 Å². The Bertz CT molecular complexity index is 1280. The third-order valence-electron chi connectivity index (χ3n) is 4.66. The molecule has 0 bridgehead atoms. The van der Waals surface area contributed by atoms with Gasteiger partial charge in [0, 0.05) is 22.7 Å². The van der Waals surface area contributed by atoms with E-state index >= 15 is 0 Å². The maximum absolute atomic E-state index is 12.5. The third-order valence-corrected chi connectivity index (χ3v) is 6.79. The quantitative estimate of drug-likeness (QED) is 0.368. The molecule has 2 N–H and O–H groups in total. The molecule has 0 aliphatic rings. The summed E-state index contributed by atoms with van der Waals surface area (Å²) in [5.74, 6) is 1.16. The molecule has 9 heteroatoms. The number of aromatic nitrogens is 2. The van der Waals surface area contributed by atoms with Crippen molar-refractivity contribution in [2.75, 3.05) is 10.0 Å². The fourth-order valence-electron chi connectivity index (χ4n) is 2.95. The van der Waals surface area contributed by atoms with E-state index in [9.17, 15) is 8.42 Å². The van der Waals surface area contributed by atoms with Crippen LogP contribution in [0, 0.1) is 6.92 Å². The normalized spacial score (nSPS) is 11.6. The molecule has 0 aliphatic carbocycles. The number of sulfonamides is 1. The molecule has 0 unspecified atom stereocenters. The van der Waals surface area contributed by atoms with Gasteiger partial charge in [-0.1, -0.05) is 43.3 Å². The maximum Gasteiger partial charge on any atom is 0.263 e. The summed E-state index contributed by atoms with van der Waals surface area (Å²) in [6.45, 7) is 6.03. The van der Waals surface area contributed by atoms with E-state index in [1.807, 2.05) is 5.38 Å². The molecule has 4 rings (SSSR count). The number of hydrogen-bond donors (Lipinski definition) is 2. The Morgan fingerprint density at radius 1 is 1.03 bits per heavy atom. The molecule has 0 saturated carbocycles. The minimum Gasteiger partial charge on any atom is -0.360 e. The topological polar surface area (TPSA) is 97.1 Å². The lowest BCUT2D eigenvalue weighted by Crippen LogP contribution is -2.13. The van der Waals surface area contributed by atoms with Crippen molar-refractivity contribution in [1.82, 2.24) is 10.1 Å². The average molecular weight is 455 g/mol. The van der Waals surface area contributed by atoms with Crippen LogP contribution in [0.15, 0.2) is 69.4 Å². The third kappa shape index (κ3) is 4.95. The molecule has 0 spiro atoms. The molecule has 0 aliphatic heterocycles. The van der Waals surface area contributed by atoms with Crippen LogP contribution >= 0.6 is 11.3 Å². The molecule has 0 saturated heterocycles. The molecular formula is C22H22N4O3S2. The first kappa shape index (κ1) is 21.1. The van der Waals surface area contributed by atoms with Gasteiger partial charge in [-0.05, 0) is 42.7 Å². The van der Waals surface area contributed by atoms with Gasteiger partial charge in [-0.3, -0.25) is 4.72 Å². The first-order valence-electron chi connectivity index (χ1n) is 9.69. The van der Waals surface area contributed by atoms with Crippen LogP contribution in [-0.4, -0.2) is 18.6 Å². The van der Waals surface area contributed by atoms with Crippen LogP contribution in [0.25, 0.3) is 11.3 Å². The van der Waals surface area contributed by atoms with Crippen molar-refractivity contribution in [3.8, 4) is 11.3 Å². The number of aryl methyl sites for hydroxylation is 1. The molecule has 0 radical (unpaired) electrons. The van der Waals surface area contributed by atoms with Crippen LogP contribution < -0.4 is 10.0 Å². The molecule has 4 aromatic rings. The lowest BCUT2D eigenvalue weighted by molar-refractivity contribution is 0.400. The van der Waals surface area contributed by atoms with E-state index in [4.69, 9.17) is 4.52 Å². The van der Waals surface area contributed by atoms with Gasteiger partial charge in [0.05, 0.1) is 10.6 Å². The summed E-state index contributed by atoms with van der Waals surface area (Å²) in [4.78, 5) is 4.77. The van der Waals surface area contributed by atoms with Crippen LogP contribution in [0.2, 0.25) is 0 Å². The number of nitrogens with zero attached hydrogens (tertiary/aromatic N) is 2. The second kappa shape index (κ2) is 8.52. The first-order valence-corrected chi connectivity index (χ1v) is 12.1.